The Bertz CT molecular complexity index is 449. The third-order valence-corrected chi connectivity index (χ3v) is 2.23. The van der Waals surface area contributed by atoms with Gasteiger partial charge in [-0.15, -0.1) is 0 Å². The second kappa shape index (κ2) is 4.05. The van der Waals surface area contributed by atoms with Crippen molar-refractivity contribution in [2.24, 2.45) is 0 Å². The molecule has 1 radical (unpaired) electrons. The average Bonchev–Trinajstić information content (AvgIpc) is 2.24. The number of nitrogen functional groups attached to an aromatic ring is 2. The van der Waals surface area contributed by atoms with Gasteiger partial charge in [0.1, 0.15) is 0 Å². The Morgan fingerprint density at radius 2 is 1.60 bits per heavy atom. The Morgan fingerprint density at radius 3 is 2.27 bits per heavy atom. The van der Waals surface area contributed by atoms with E-state index in [-0.39, 0.29) is 0 Å². The molecule has 0 aromatic heterocycles. The third kappa shape index (κ3) is 2.29. The van der Waals surface area contributed by atoms with Gasteiger partial charge in [-0.2, -0.15) is 0 Å². The maximum Gasteiger partial charge on any atom is 0.0373 e. The van der Waals surface area contributed by atoms with E-state index in [1.54, 1.807) is 6.07 Å². The Morgan fingerprint density at radius 1 is 0.867 bits per heavy atom. The van der Waals surface area contributed by atoms with Crippen molar-refractivity contribution in [2.45, 2.75) is 0 Å². The number of hydrogen-bond donors (Lipinski definition) is 2. The largest absolute Gasteiger partial charge is 0.399 e. The van der Waals surface area contributed by atoms with Crippen molar-refractivity contribution < 1.29 is 0 Å². The van der Waals surface area contributed by atoms with E-state index >= 15 is 0 Å². The molecule has 2 aromatic rings. The Labute approximate surface area is 89.5 Å². The molecule has 0 aliphatic carbocycles. The Hall–Kier alpha value is -1.96. The summed E-state index contributed by atoms with van der Waals surface area (Å²) in [5.41, 5.74) is 15.0. The molecule has 0 aliphatic rings. The minimum atomic E-state index is 0.692. The maximum absolute atomic E-state index is 5.86. The van der Waals surface area contributed by atoms with Crippen LogP contribution < -0.4 is 11.5 Å². The molecule has 2 aromatic carbocycles. The quantitative estimate of drug-likeness (QED) is 0.726. The molecule has 0 bridgehead atoms. The highest BCUT2D eigenvalue weighted by atomic mass is 14.6. The van der Waals surface area contributed by atoms with Gasteiger partial charge in [0.05, 0.1) is 0 Å². The van der Waals surface area contributed by atoms with Gasteiger partial charge in [-0.1, -0.05) is 36.4 Å². The van der Waals surface area contributed by atoms with Crippen LogP contribution in [0.2, 0.25) is 0 Å². The minimum absolute atomic E-state index is 0.692. The summed E-state index contributed by atoms with van der Waals surface area (Å²) >= 11 is 0. The second-order valence-electron chi connectivity index (χ2n) is 3.44. The molecule has 0 spiro atoms. The van der Waals surface area contributed by atoms with Crippen LogP contribution in [-0.2, 0) is 0 Å². The van der Waals surface area contributed by atoms with Crippen LogP contribution in [-0.4, -0.2) is 0 Å². The normalized spacial score (nSPS) is 10.1. The predicted octanol–water partition coefficient (Wildman–Crippen LogP) is 2.45. The number of benzene rings is 2. The first-order valence-electron chi connectivity index (χ1n) is 4.80. The summed E-state index contributed by atoms with van der Waals surface area (Å²) in [6.45, 7) is 0. The van der Waals surface area contributed by atoms with E-state index in [1.807, 2.05) is 48.9 Å². The number of anilines is 2. The molecule has 0 fully saturated rings. The van der Waals surface area contributed by atoms with Crippen molar-refractivity contribution in [3.8, 4) is 0 Å². The molecule has 0 amide bonds. The fourth-order valence-electron chi connectivity index (χ4n) is 1.45. The lowest BCUT2D eigenvalue weighted by Crippen LogP contribution is -1.95. The first kappa shape index (κ1) is 9.59. The molecule has 0 aliphatic heterocycles. The number of nitrogens with two attached hydrogens (primary N) is 2. The molecule has 2 rings (SSSR count). The zero-order chi connectivity index (χ0) is 10.7. The second-order valence-corrected chi connectivity index (χ2v) is 3.44. The van der Waals surface area contributed by atoms with Gasteiger partial charge < -0.3 is 11.5 Å². The van der Waals surface area contributed by atoms with E-state index in [1.165, 1.54) is 0 Å². The molecule has 75 valence electrons. The molecule has 0 unspecified atom stereocenters. The SMILES string of the molecule is Nc1ccc([CH]c2ccccc2)c(N)c1. The van der Waals surface area contributed by atoms with Crippen LogP contribution in [0.3, 0.4) is 0 Å². The molecular weight excluding hydrogens is 184 g/mol. The van der Waals surface area contributed by atoms with Gasteiger partial charge in [-0.25, -0.2) is 0 Å². The lowest BCUT2D eigenvalue weighted by Gasteiger charge is -2.05. The van der Waals surface area contributed by atoms with E-state index in [4.69, 9.17) is 11.5 Å². The summed E-state index contributed by atoms with van der Waals surface area (Å²) < 4.78 is 0. The van der Waals surface area contributed by atoms with Crippen molar-refractivity contribution >= 4 is 11.4 Å². The van der Waals surface area contributed by atoms with Crippen LogP contribution in [0.5, 0.6) is 0 Å². The lowest BCUT2D eigenvalue weighted by molar-refractivity contribution is 1.43. The van der Waals surface area contributed by atoms with E-state index in [0.29, 0.717) is 11.4 Å². The van der Waals surface area contributed by atoms with Gasteiger partial charge in [-0.3, -0.25) is 0 Å². The summed E-state index contributed by atoms with van der Waals surface area (Å²) in [7, 11) is 0. The van der Waals surface area contributed by atoms with Crippen LogP contribution >= 0.6 is 0 Å². The van der Waals surface area contributed by atoms with E-state index < -0.39 is 0 Å². The molecule has 2 heteroatoms. The van der Waals surface area contributed by atoms with Crippen LogP contribution in [0.15, 0.2) is 48.5 Å². The summed E-state index contributed by atoms with van der Waals surface area (Å²) in [4.78, 5) is 0. The van der Waals surface area contributed by atoms with Gasteiger partial charge in [0.15, 0.2) is 0 Å². The molecule has 0 saturated carbocycles. The number of hydrogen-bond acceptors (Lipinski definition) is 2. The van der Waals surface area contributed by atoms with Crippen LogP contribution in [0.4, 0.5) is 11.4 Å². The topological polar surface area (TPSA) is 52.0 Å². The molecule has 15 heavy (non-hydrogen) atoms. The standard InChI is InChI=1S/C13H13N2/c14-12-7-6-11(13(15)9-12)8-10-4-2-1-3-5-10/h1-9H,14-15H2. The smallest absolute Gasteiger partial charge is 0.0373 e. The van der Waals surface area contributed by atoms with Crippen molar-refractivity contribution in [2.75, 3.05) is 11.5 Å². The monoisotopic (exact) mass is 197 g/mol. The summed E-state index contributed by atoms with van der Waals surface area (Å²) in [5.74, 6) is 0. The molecule has 4 N–H and O–H groups in total. The van der Waals surface area contributed by atoms with Gasteiger partial charge >= 0.3 is 0 Å². The van der Waals surface area contributed by atoms with Crippen LogP contribution in [0.25, 0.3) is 0 Å². The van der Waals surface area contributed by atoms with Gasteiger partial charge in [0, 0.05) is 17.8 Å². The molecular formula is C13H13N2. The predicted molar refractivity (Wildman–Crippen MR) is 64.2 cm³/mol. The van der Waals surface area contributed by atoms with Gasteiger partial charge in [0.25, 0.3) is 0 Å². The zero-order valence-corrected chi connectivity index (χ0v) is 8.35. The molecule has 0 heterocycles. The van der Waals surface area contributed by atoms with Gasteiger partial charge in [0.2, 0.25) is 0 Å². The average molecular weight is 197 g/mol. The Kier molecular flexibility index (Phi) is 2.59. The lowest BCUT2D eigenvalue weighted by atomic mass is 10.0. The van der Waals surface area contributed by atoms with Crippen molar-refractivity contribution in [1.82, 2.24) is 0 Å². The van der Waals surface area contributed by atoms with E-state index in [9.17, 15) is 0 Å². The molecule has 0 atom stereocenters. The highest BCUT2D eigenvalue weighted by Crippen LogP contribution is 2.20. The first-order chi connectivity index (χ1) is 7.25. The van der Waals surface area contributed by atoms with Crippen LogP contribution in [0, 0.1) is 6.42 Å². The fourth-order valence-corrected chi connectivity index (χ4v) is 1.45. The highest BCUT2D eigenvalue weighted by molar-refractivity contribution is 5.61. The molecule has 2 nitrogen and oxygen atoms in total. The minimum Gasteiger partial charge on any atom is -0.399 e. The highest BCUT2D eigenvalue weighted by Gasteiger charge is 2.01. The summed E-state index contributed by atoms with van der Waals surface area (Å²) in [6, 6.07) is 15.6. The van der Waals surface area contributed by atoms with E-state index in [2.05, 4.69) is 0 Å². The zero-order valence-electron chi connectivity index (χ0n) is 8.35. The Balaban J connectivity index is 2.25. The first-order valence-corrected chi connectivity index (χ1v) is 4.80. The summed E-state index contributed by atoms with van der Waals surface area (Å²) in [6.07, 6.45) is 2.04. The van der Waals surface area contributed by atoms with Crippen molar-refractivity contribution in [3.05, 3.63) is 66.1 Å². The van der Waals surface area contributed by atoms with E-state index in [0.717, 1.165) is 11.1 Å². The fraction of sp³-hybridized carbons (Fsp3) is 0. The molecule has 0 saturated heterocycles. The van der Waals surface area contributed by atoms with Gasteiger partial charge in [-0.05, 0) is 23.3 Å². The maximum atomic E-state index is 5.86. The summed E-state index contributed by atoms with van der Waals surface area (Å²) in [5, 5.41) is 0. The van der Waals surface area contributed by atoms with Crippen molar-refractivity contribution in [1.29, 1.82) is 0 Å². The van der Waals surface area contributed by atoms with Crippen molar-refractivity contribution in [3.63, 3.8) is 0 Å². The van der Waals surface area contributed by atoms with Crippen LogP contribution in [0.1, 0.15) is 11.1 Å². The number of rotatable bonds is 2. The third-order valence-electron chi connectivity index (χ3n) is 2.23.